The molecule has 2 amide bonds. The van der Waals surface area contributed by atoms with Crippen LogP contribution in [0, 0.1) is 0 Å². The highest BCUT2D eigenvalue weighted by molar-refractivity contribution is 7.65. The van der Waals surface area contributed by atoms with Gasteiger partial charge in [-0.05, 0) is 24.1 Å². The fourth-order valence-electron chi connectivity index (χ4n) is 2.09. The standard InChI is InChI=1S/C18H23N2O3P/c1-2-3-14-19-18(21)20-24(22,17-12-8-5-9-13-17)23-15-16-10-6-4-7-11-16/h4-13H,2-3,14-15H2,1H3,(H2,19,20,21,22)/t24-/m0/s1. The first-order chi connectivity index (χ1) is 11.6. The molecular formula is C18H23N2O3P. The fourth-order valence-corrected chi connectivity index (χ4v) is 3.67. The summed E-state index contributed by atoms with van der Waals surface area (Å²) in [5.41, 5.74) is 0.891. The Morgan fingerprint density at radius 2 is 1.67 bits per heavy atom. The Hall–Kier alpha value is -2.10. The van der Waals surface area contributed by atoms with E-state index in [-0.39, 0.29) is 6.61 Å². The average Bonchev–Trinajstić information content (AvgIpc) is 2.62. The van der Waals surface area contributed by atoms with E-state index in [0.29, 0.717) is 11.8 Å². The van der Waals surface area contributed by atoms with E-state index in [0.717, 1.165) is 18.4 Å². The van der Waals surface area contributed by atoms with Crippen molar-refractivity contribution < 1.29 is 13.9 Å². The first kappa shape index (κ1) is 18.2. The van der Waals surface area contributed by atoms with Gasteiger partial charge >= 0.3 is 13.6 Å². The Labute approximate surface area is 142 Å². The van der Waals surface area contributed by atoms with Crippen LogP contribution < -0.4 is 15.7 Å². The highest BCUT2D eigenvalue weighted by atomic mass is 31.2. The zero-order chi connectivity index (χ0) is 17.3. The Kier molecular flexibility index (Phi) is 7.04. The molecule has 128 valence electrons. The van der Waals surface area contributed by atoms with E-state index >= 15 is 0 Å². The van der Waals surface area contributed by atoms with Gasteiger partial charge in [0.25, 0.3) is 0 Å². The lowest BCUT2D eigenvalue weighted by Crippen LogP contribution is -2.36. The number of urea groups is 1. The van der Waals surface area contributed by atoms with Crippen molar-refractivity contribution in [3.63, 3.8) is 0 Å². The number of carbonyl (C=O) groups is 1. The van der Waals surface area contributed by atoms with E-state index in [1.54, 1.807) is 24.3 Å². The van der Waals surface area contributed by atoms with Crippen LogP contribution in [0.1, 0.15) is 25.3 Å². The largest absolute Gasteiger partial charge is 0.338 e. The second-order valence-electron chi connectivity index (χ2n) is 5.37. The van der Waals surface area contributed by atoms with Gasteiger partial charge in [0.2, 0.25) is 0 Å². The molecule has 6 heteroatoms. The molecule has 2 N–H and O–H groups in total. The molecule has 24 heavy (non-hydrogen) atoms. The van der Waals surface area contributed by atoms with Gasteiger partial charge in [-0.2, -0.15) is 0 Å². The summed E-state index contributed by atoms with van der Waals surface area (Å²) >= 11 is 0. The molecule has 0 heterocycles. The van der Waals surface area contributed by atoms with Gasteiger partial charge in [0.05, 0.1) is 11.9 Å². The lowest BCUT2D eigenvalue weighted by molar-refractivity contribution is 0.242. The molecule has 0 radical (unpaired) electrons. The highest BCUT2D eigenvalue weighted by Gasteiger charge is 2.28. The number of amides is 2. The summed E-state index contributed by atoms with van der Waals surface area (Å²) in [5.74, 6) is 0. The maximum absolute atomic E-state index is 13.2. The first-order valence-corrected chi connectivity index (χ1v) is 9.67. The summed E-state index contributed by atoms with van der Waals surface area (Å²) in [4.78, 5) is 12.0. The van der Waals surface area contributed by atoms with Crippen molar-refractivity contribution in [3.8, 4) is 0 Å². The van der Waals surface area contributed by atoms with Crippen LogP contribution in [0.2, 0.25) is 0 Å². The SMILES string of the molecule is CCCCNC(=O)N[P@@](=O)(OCc1ccccc1)c1ccccc1. The molecule has 2 aromatic carbocycles. The third kappa shape index (κ3) is 5.52. The zero-order valence-corrected chi connectivity index (χ0v) is 14.7. The molecule has 0 aliphatic rings. The lowest BCUT2D eigenvalue weighted by atomic mass is 10.2. The van der Waals surface area contributed by atoms with Crippen LogP contribution in [0.25, 0.3) is 0 Å². The van der Waals surface area contributed by atoms with Crippen LogP contribution in [0.5, 0.6) is 0 Å². The number of carbonyl (C=O) groups excluding carboxylic acids is 1. The average molecular weight is 346 g/mol. The summed E-state index contributed by atoms with van der Waals surface area (Å²) in [6, 6.07) is 17.7. The molecule has 0 aliphatic heterocycles. The summed E-state index contributed by atoms with van der Waals surface area (Å²) in [5, 5.41) is 5.69. The molecule has 0 saturated heterocycles. The molecule has 2 rings (SSSR count). The molecule has 2 aromatic rings. The van der Waals surface area contributed by atoms with Gasteiger partial charge in [-0.3, -0.25) is 9.65 Å². The van der Waals surface area contributed by atoms with E-state index in [1.165, 1.54) is 0 Å². The Bertz CT molecular complexity index is 677. The predicted octanol–water partition coefficient (Wildman–Crippen LogP) is 3.82. The molecular weight excluding hydrogens is 323 g/mol. The normalized spacial score (nSPS) is 13.0. The number of hydrogen-bond donors (Lipinski definition) is 2. The number of benzene rings is 2. The van der Waals surface area contributed by atoms with Gasteiger partial charge in [-0.1, -0.05) is 61.9 Å². The fraction of sp³-hybridized carbons (Fsp3) is 0.278. The molecule has 0 saturated carbocycles. The van der Waals surface area contributed by atoms with Crippen molar-refractivity contribution >= 4 is 18.9 Å². The van der Waals surface area contributed by atoms with Crippen molar-refractivity contribution in [3.05, 3.63) is 66.2 Å². The first-order valence-electron chi connectivity index (χ1n) is 8.04. The molecule has 0 bridgehead atoms. The van der Waals surface area contributed by atoms with Crippen LogP contribution >= 0.6 is 7.52 Å². The van der Waals surface area contributed by atoms with E-state index in [2.05, 4.69) is 10.4 Å². The maximum atomic E-state index is 13.2. The summed E-state index contributed by atoms with van der Waals surface area (Å²) in [7, 11) is -3.50. The third-order valence-electron chi connectivity index (χ3n) is 3.42. The molecule has 5 nitrogen and oxygen atoms in total. The van der Waals surface area contributed by atoms with E-state index in [1.807, 2.05) is 43.3 Å². The van der Waals surface area contributed by atoms with E-state index < -0.39 is 13.6 Å². The van der Waals surface area contributed by atoms with Crippen LogP contribution in [0.3, 0.4) is 0 Å². The van der Waals surface area contributed by atoms with E-state index in [9.17, 15) is 9.36 Å². The van der Waals surface area contributed by atoms with Crippen LogP contribution in [0.4, 0.5) is 4.79 Å². The monoisotopic (exact) mass is 346 g/mol. The van der Waals surface area contributed by atoms with Gasteiger partial charge in [0.15, 0.2) is 0 Å². The topological polar surface area (TPSA) is 67.4 Å². The predicted molar refractivity (Wildman–Crippen MR) is 96.4 cm³/mol. The van der Waals surface area contributed by atoms with Gasteiger partial charge in [-0.15, -0.1) is 0 Å². The maximum Gasteiger partial charge on any atom is 0.327 e. The molecule has 0 spiro atoms. The Morgan fingerprint density at radius 3 is 2.29 bits per heavy atom. The second kappa shape index (κ2) is 9.26. The molecule has 0 fully saturated rings. The van der Waals surface area contributed by atoms with Crippen molar-refractivity contribution in [2.75, 3.05) is 6.54 Å². The Balaban J connectivity index is 2.10. The zero-order valence-electron chi connectivity index (χ0n) is 13.8. The van der Waals surface area contributed by atoms with Gasteiger partial charge in [-0.25, -0.2) is 4.79 Å². The van der Waals surface area contributed by atoms with Gasteiger partial charge in [0, 0.05) is 6.54 Å². The summed E-state index contributed by atoms with van der Waals surface area (Å²) < 4.78 is 18.9. The second-order valence-corrected chi connectivity index (χ2v) is 7.47. The third-order valence-corrected chi connectivity index (χ3v) is 5.38. The van der Waals surface area contributed by atoms with Gasteiger partial charge < -0.3 is 9.84 Å². The molecule has 0 aliphatic carbocycles. The van der Waals surface area contributed by atoms with Crippen LogP contribution in [-0.4, -0.2) is 12.6 Å². The summed E-state index contributed by atoms with van der Waals surface area (Å²) in [6.07, 6.45) is 1.84. The van der Waals surface area contributed by atoms with Crippen LogP contribution in [-0.2, 0) is 15.7 Å². The minimum absolute atomic E-state index is 0.155. The smallest absolute Gasteiger partial charge is 0.327 e. The number of nitrogens with one attached hydrogen (secondary N) is 2. The number of hydrogen-bond acceptors (Lipinski definition) is 3. The minimum Gasteiger partial charge on any atom is -0.338 e. The quantitative estimate of drug-likeness (QED) is 0.564. The molecule has 0 aromatic heterocycles. The van der Waals surface area contributed by atoms with Crippen molar-refractivity contribution in [1.29, 1.82) is 0 Å². The molecule has 0 unspecified atom stereocenters. The Morgan fingerprint density at radius 1 is 1.04 bits per heavy atom. The minimum atomic E-state index is -3.50. The van der Waals surface area contributed by atoms with Gasteiger partial charge in [0.1, 0.15) is 0 Å². The van der Waals surface area contributed by atoms with E-state index in [4.69, 9.17) is 4.52 Å². The highest BCUT2D eigenvalue weighted by Crippen LogP contribution is 2.41. The van der Waals surface area contributed by atoms with Crippen molar-refractivity contribution in [2.24, 2.45) is 0 Å². The molecule has 1 atom stereocenters. The summed E-state index contributed by atoms with van der Waals surface area (Å²) in [6.45, 7) is 2.73. The number of rotatable bonds is 8. The lowest BCUT2D eigenvalue weighted by Gasteiger charge is -2.20. The van der Waals surface area contributed by atoms with Crippen LogP contribution in [0.15, 0.2) is 60.7 Å². The number of unbranched alkanes of at least 4 members (excludes halogenated alkanes) is 1. The van der Waals surface area contributed by atoms with Crippen molar-refractivity contribution in [1.82, 2.24) is 10.4 Å². The van der Waals surface area contributed by atoms with Crippen molar-refractivity contribution in [2.45, 2.75) is 26.4 Å².